The van der Waals surface area contributed by atoms with Gasteiger partial charge in [0.05, 0.1) is 18.0 Å². The highest BCUT2D eigenvalue weighted by Crippen LogP contribution is 2.23. The predicted octanol–water partition coefficient (Wildman–Crippen LogP) is 3.35. The van der Waals surface area contributed by atoms with Gasteiger partial charge in [-0.05, 0) is 36.9 Å². The minimum atomic E-state index is -0.00890. The SMILES string of the molecule is Cc1ccccc1-n1c(C)nnc1SCC(=O)NCc1cccs1. The number of amides is 1. The lowest BCUT2D eigenvalue weighted by atomic mass is 10.2. The number of benzene rings is 1. The molecule has 1 N–H and O–H groups in total. The van der Waals surface area contributed by atoms with Gasteiger partial charge in [0.25, 0.3) is 0 Å². The molecular weight excluding hydrogens is 340 g/mol. The van der Waals surface area contributed by atoms with Gasteiger partial charge in [-0.3, -0.25) is 9.36 Å². The molecule has 1 amide bonds. The van der Waals surface area contributed by atoms with E-state index in [0.717, 1.165) is 27.1 Å². The first-order chi connectivity index (χ1) is 11.6. The third-order valence-corrected chi connectivity index (χ3v) is 5.33. The van der Waals surface area contributed by atoms with Crippen LogP contribution in [-0.4, -0.2) is 26.4 Å². The van der Waals surface area contributed by atoms with E-state index in [0.29, 0.717) is 12.3 Å². The number of nitrogens with one attached hydrogen (secondary N) is 1. The van der Waals surface area contributed by atoms with Crippen molar-refractivity contribution in [1.29, 1.82) is 0 Å². The fourth-order valence-electron chi connectivity index (χ4n) is 2.31. The topological polar surface area (TPSA) is 59.8 Å². The van der Waals surface area contributed by atoms with Gasteiger partial charge in [-0.2, -0.15) is 0 Å². The van der Waals surface area contributed by atoms with E-state index in [2.05, 4.69) is 28.5 Å². The lowest BCUT2D eigenvalue weighted by Crippen LogP contribution is -2.24. The standard InChI is InChI=1S/C17H18N4OS2/c1-12-6-3-4-8-15(12)21-13(2)19-20-17(21)24-11-16(22)18-10-14-7-5-9-23-14/h3-9H,10-11H2,1-2H3,(H,18,22). The van der Waals surface area contributed by atoms with Gasteiger partial charge in [-0.15, -0.1) is 21.5 Å². The van der Waals surface area contributed by atoms with Crippen LogP contribution >= 0.6 is 23.1 Å². The minimum Gasteiger partial charge on any atom is -0.350 e. The normalized spacial score (nSPS) is 10.8. The van der Waals surface area contributed by atoms with Gasteiger partial charge in [0.1, 0.15) is 5.82 Å². The van der Waals surface area contributed by atoms with E-state index in [1.165, 1.54) is 11.8 Å². The Balaban J connectivity index is 1.66. The van der Waals surface area contributed by atoms with E-state index in [1.807, 2.05) is 47.2 Å². The molecule has 0 aliphatic carbocycles. The van der Waals surface area contributed by atoms with E-state index >= 15 is 0 Å². The van der Waals surface area contributed by atoms with Crippen LogP contribution in [0.15, 0.2) is 46.9 Å². The fourth-order valence-corrected chi connectivity index (χ4v) is 3.77. The maximum atomic E-state index is 12.0. The second-order valence-electron chi connectivity index (χ2n) is 5.30. The molecule has 0 saturated heterocycles. The van der Waals surface area contributed by atoms with E-state index in [1.54, 1.807) is 11.3 Å². The Bertz CT molecular complexity index is 827. The first kappa shape index (κ1) is 16.7. The van der Waals surface area contributed by atoms with Crippen LogP contribution in [0, 0.1) is 13.8 Å². The molecule has 0 saturated carbocycles. The van der Waals surface area contributed by atoms with Crippen LogP contribution in [0.5, 0.6) is 0 Å². The molecule has 124 valence electrons. The van der Waals surface area contributed by atoms with Crippen LogP contribution in [0.2, 0.25) is 0 Å². The van der Waals surface area contributed by atoms with E-state index in [-0.39, 0.29) is 5.91 Å². The molecular formula is C17H18N4OS2. The van der Waals surface area contributed by atoms with Gasteiger partial charge in [-0.1, -0.05) is 36.0 Å². The zero-order chi connectivity index (χ0) is 16.9. The van der Waals surface area contributed by atoms with Gasteiger partial charge >= 0.3 is 0 Å². The van der Waals surface area contributed by atoms with Gasteiger partial charge < -0.3 is 5.32 Å². The van der Waals surface area contributed by atoms with Gasteiger partial charge in [0.15, 0.2) is 5.16 Å². The zero-order valence-corrected chi connectivity index (χ0v) is 15.2. The molecule has 2 heterocycles. The van der Waals surface area contributed by atoms with Crippen molar-refractivity contribution in [3.05, 3.63) is 58.0 Å². The van der Waals surface area contributed by atoms with Crippen LogP contribution in [0.25, 0.3) is 5.69 Å². The van der Waals surface area contributed by atoms with Crippen LogP contribution < -0.4 is 5.32 Å². The summed E-state index contributed by atoms with van der Waals surface area (Å²) in [6.07, 6.45) is 0. The fraction of sp³-hybridized carbons (Fsp3) is 0.235. The molecule has 0 aliphatic heterocycles. The largest absolute Gasteiger partial charge is 0.350 e. The summed E-state index contributed by atoms with van der Waals surface area (Å²) in [6, 6.07) is 12.1. The summed E-state index contributed by atoms with van der Waals surface area (Å²) in [4.78, 5) is 13.2. The molecule has 0 bridgehead atoms. The molecule has 0 aliphatic rings. The smallest absolute Gasteiger partial charge is 0.230 e. The van der Waals surface area contributed by atoms with Gasteiger partial charge in [-0.25, -0.2) is 0 Å². The third kappa shape index (κ3) is 3.85. The number of aromatic nitrogens is 3. The van der Waals surface area contributed by atoms with Crippen molar-refractivity contribution >= 4 is 29.0 Å². The average Bonchev–Trinajstić information content (AvgIpc) is 3.21. The first-order valence-corrected chi connectivity index (χ1v) is 9.41. The monoisotopic (exact) mass is 358 g/mol. The molecule has 0 fully saturated rings. The summed E-state index contributed by atoms with van der Waals surface area (Å²) in [5.74, 6) is 1.12. The lowest BCUT2D eigenvalue weighted by Gasteiger charge is -2.11. The van der Waals surface area contributed by atoms with Gasteiger partial charge in [0.2, 0.25) is 5.91 Å². The molecule has 3 rings (SSSR count). The van der Waals surface area contributed by atoms with Crippen molar-refractivity contribution in [2.75, 3.05) is 5.75 Å². The molecule has 1 aromatic carbocycles. The number of nitrogens with zero attached hydrogens (tertiary/aromatic N) is 3. The van der Waals surface area contributed by atoms with Crippen molar-refractivity contribution in [3.63, 3.8) is 0 Å². The number of aryl methyl sites for hydroxylation is 2. The Kier molecular flexibility index (Phi) is 5.32. The summed E-state index contributed by atoms with van der Waals surface area (Å²) in [5.41, 5.74) is 2.19. The lowest BCUT2D eigenvalue weighted by molar-refractivity contribution is -0.118. The Morgan fingerprint density at radius 1 is 1.21 bits per heavy atom. The molecule has 0 spiro atoms. The average molecular weight is 358 g/mol. The van der Waals surface area contributed by atoms with Crippen molar-refractivity contribution in [2.45, 2.75) is 25.5 Å². The summed E-state index contributed by atoms with van der Waals surface area (Å²) in [5, 5.41) is 14.0. The number of carbonyl (C=O) groups excluding carboxylic acids is 1. The van der Waals surface area contributed by atoms with Crippen molar-refractivity contribution in [1.82, 2.24) is 20.1 Å². The summed E-state index contributed by atoms with van der Waals surface area (Å²) >= 11 is 3.03. The van der Waals surface area contributed by atoms with Crippen LogP contribution in [0.4, 0.5) is 0 Å². The number of hydrogen-bond acceptors (Lipinski definition) is 5. The molecule has 7 heteroatoms. The number of thioether (sulfide) groups is 1. The number of para-hydroxylation sites is 1. The summed E-state index contributed by atoms with van der Waals surface area (Å²) < 4.78 is 1.99. The minimum absolute atomic E-state index is 0.00890. The second-order valence-corrected chi connectivity index (χ2v) is 7.27. The van der Waals surface area contributed by atoms with Crippen molar-refractivity contribution in [2.24, 2.45) is 0 Å². The molecule has 2 aromatic heterocycles. The molecule has 0 radical (unpaired) electrons. The number of thiophene rings is 1. The molecule has 24 heavy (non-hydrogen) atoms. The maximum absolute atomic E-state index is 12.0. The second kappa shape index (κ2) is 7.63. The van der Waals surface area contributed by atoms with Crippen molar-refractivity contribution < 1.29 is 4.79 Å². The number of rotatable bonds is 6. The molecule has 0 unspecified atom stereocenters. The highest BCUT2D eigenvalue weighted by Gasteiger charge is 2.14. The third-order valence-electron chi connectivity index (χ3n) is 3.52. The quantitative estimate of drug-likeness (QED) is 0.687. The van der Waals surface area contributed by atoms with Crippen LogP contribution in [0.1, 0.15) is 16.3 Å². The Morgan fingerprint density at radius 3 is 2.79 bits per heavy atom. The Morgan fingerprint density at radius 2 is 2.04 bits per heavy atom. The Labute approximate surface area is 149 Å². The number of hydrogen-bond donors (Lipinski definition) is 1. The maximum Gasteiger partial charge on any atom is 0.230 e. The first-order valence-electron chi connectivity index (χ1n) is 7.55. The van der Waals surface area contributed by atoms with Crippen molar-refractivity contribution in [3.8, 4) is 5.69 Å². The Hall–Kier alpha value is -2.12. The zero-order valence-electron chi connectivity index (χ0n) is 13.5. The molecule has 3 aromatic rings. The summed E-state index contributed by atoms with van der Waals surface area (Å²) in [6.45, 7) is 4.54. The van der Waals surface area contributed by atoms with E-state index in [4.69, 9.17) is 0 Å². The highest BCUT2D eigenvalue weighted by atomic mass is 32.2. The van der Waals surface area contributed by atoms with Gasteiger partial charge in [0, 0.05) is 4.88 Å². The highest BCUT2D eigenvalue weighted by molar-refractivity contribution is 7.99. The molecule has 0 atom stereocenters. The van der Waals surface area contributed by atoms with E-state index < -0.39 is 0 Å². The van der Waals surface area contributed by atoms with Crippen LogP contribution in [0.3, 0.4) is 0 Å². The van der Waals surface area contributed by atoms with E-state index in [9.17, 15) is 4.79 Å². The number of carbonyl (C=O) groups is 1. The molecule has 5 nitrogen and oxygen atoms in total. The summed E-state index contributed by atoms with van der Waals surface area (Å²) in [7, 11) is 0. The predicted molar refractivity (Wildman–Crippen MR) is 97.7 cm³/mol. The van der Waals surface area contributed by atoms with Crippen LogP contribution in [-0.2, 0) is 11.3 Å².